The highest BCUT2D eigenvalue weighted by Crippen LogP contribution is 2.14. The molecule has 1 aromatic rings. The molecule has 1 aromatic heterocycles. The van der Waals surface area contributed by atoms with Crippen molar-refractivity contribution >= 4 is 34.8 Å². The number of thiazole rings is 1. The predicted molar refractivity (Wildman–Crippen MR) is 78.8 cm³/mol. The molecule has 20 heavy (non-hydrogen) atoms. The first-order valence-corrected chi connectivity index (χ1v) is 8.10. The van der Waals surface area contributed by atoms with E-state index in [-0.39, 0.29) is 24.9 Å². The Morgan fingerprint density at radius 1 is 1.30 bits per heavy atom. The standard InChI is InChI=1S/C13H18ClN3O2S/c1-2-16-7-13(19)17(8-12(16)18)5-3-4-11-15-10(6-14)9-20-11/h9H,2-8H2,1H3. The van der Waals surface area contributed by atoms with Gasteiger partial charge in [0, 0.05) is 24.9 Å². The van der Waals surface area contributed by atoms with Gasteiger partial charge < -0.3 is 9.80 Å². The first-order valence-electron chi connectivity index (χ1n) is 6.68. The van der Waals surface area contributed by atoms with E-state index in [9.17, 15) is 9.59 Å². The summed E-state index contributed by atoms with van der Waals surface area (Å²) in [6.45, 7) is 3.51. The van der Waals surface area contributed by atoms with E-state index in [0.717, 1.165) is 23.5 Å². The monoisotopic (exact) mass is 315 g/mol. The van der Waals surface area contributed by atoms with Crippen molar-refractivity contribution in [3.63, 3.8) is 0 Å². The second-order valence-corrected chi connectivity index (χ2v) is 5.90. The molecule has 0 unspecified atom stereocenters. The molecule has 0 aliphatic carbocycles. The number of hydrogen-bond donors (Lipinski definition) is 0. The van der Waals surface area contributed by atoms with Crippen molar-refractivity contribution in [3.05, 3.63) is 16.1 Å². The lowest BCUT2D eigenvalue weighted by Crippen LogP contribution is -2.53. The van der Waals surface area contributed by atoms with Crippen molar-refractivity contribution in [2.75, 3.05) is 26.2 Å². The van der Waals surface area contributed by atoms with Crippen LogP contribution in [0.3, 0.4) is 0 Å². The van der Waals surface area contributed by atoms with Gasteiger partial charge in [0.05, 0.1) is 29.7 Å². The molecular formula is C13H18ClN3O2S. The molecule has 7 heteroatoms. The minimum Gasteiger partial charge on any atom is -0.332 e. The summed E-state index contributed by atoms with van der Waals surface area (Å²) < 4.78 is 0. The number of hydrogen-bond acceptors (Lipinski definition) is 4. The van der Waals surface area contributed by atoms with Crippen LogP contribution in [0.1, 0.15) is 24.0 Å². The number of alkyl halides is 1. The van der Waals surface area contributed by atoms with E-state index < -0.39 is 0 Å². The predicted octanol–water partition coefficient (Wildman–Crippen LogP) is 1.51. The molecule has 1 fully saturated rings. The fourth-order valence-corrected chi connectivity index (χ4v) is 3.21. The van der Waals surface area contributed by atoms with E-state index in [0.29, 0.717) is 19.0 Å². The topological polar surface area (TPSA) is 53.5 Å². The highest BCUT2D eigenvalue weighted by molar-refractivity contribution is 7.09. The molecule has 0 spiro atoms. The molecule has 1 aliphatic heterocycles. The van der Waals surface area contributed by atoms with Crippen molar-refractivity contribution < 1.29 is 9.59 Å². The van der Waals surface area contributed by atoms with Gasteiger partial charge in [-0.2, -0.15) is 0 Å². The summed E-state index contributed by atoms with van der Waals surface area (Å²) in [5.41, 5.74) is 0.898. The second kappa shape index (κ2) is 7.04. The van der Waals surface area contributed by atoms with Crippen LogP contribution < -0.4 is 0 Å². The second-order valence-electron chi connectivity index (χ2n) is 4.69. The third-order valence-corrected chi connectivity index (χ3v) is 4.53. The average molecular weight is 316 g/mol. The average Bonchev–Trinajstić information content (AvgIpc) is 2.90. The molecule has 0 bridgehead atoms. The van der Waals surface area contributed by atoms with Gasteiger partial charge in [0.25, 0.3) is 0 Å². The third-order valence-electron chi connectivity index (χ3n) is 3.29. The van der Waals surface area contributed by atoms with Crippen LogP contribution in [0.2, 0.25) is 0 Å². The molecule has 2 rings (SSSR count). The Morgan fingerprint density at radius 3 is 2.65 bits per heavy atom. The Morgan fingerprint density at radius 2 is 2.00 bits per heavy atom. The van der Waals surface area contributed by atoms with Crippen LogP contribution >= 0.6 is 22.9 Å². The van der Waals surface area contributed by atoms with Crippen molar-refractivity contribution in [2.24, 2.45) is 0 Å². The number of piperazine rings is 1. The number of amides is 2. The van der Waals surface area contributed by atoms with Gasteiger partial charge in [-0.25, -0.2) is 4.98 Å². The van der Waals surface area contributed by atoms with Gasteiger partial charge in [0.15, 0.2) is 0 Å². The fourth-order valence-electron chi connectivity index (χ4n) is 2.14. The summed E-state index contributed by atoms with van der Waals surface area (Å²) in [7, 11) is 0. The quantitative estimate of drug-likeness (QED) is 0.748. The first-order chi connectivity index (χ1) is 9.63. The fraction of sp³-hybridized carbons (Fsp3) is 0.615. The molecule has 2 amide bonds. The molecule has 1 aliphatic rings. The molecule has 0 aromatic carbocycles. The molecule has 0 radical (unpaired) electrons. The summed E-state index contributed by atoms with van der Waals surface area (Å²) >= 11 is 7.30. The zero-order valence-electron chi connectivity index (χ0n) is 11.5. The van der Waals surface area contributed by atoms with Crippen LogP contribution in [0.15, 0.2) is 5.38 Å². The summed E-state index contributed by atoms with van der Waals surface area (Å²) in [4.78, 5) is 31.3. The molecule has 2 heterocycles. The Hall–Kier alpha value is -1.14. The molecule has 0 saturated carbocycles. The van der Waals surface area contributed by atoms with E-state index >= 15 is 0 Å². The van der Waals surface area contributed by atoms with Crippen molar-refractivity contribution in [3.8, 4) is 0 Å². The van der Waals surface area contributed by atoms with E-state index in [2.05, 4.69) is 4.98 Å². The number of carbonyl (C=O) groups excluding carboxylic acids is 2. The van der Waals surface area contributed by atoms with Crippen molar-refractivity contribution in [1.29, 1.82) is 0 Å². The molecular weight excluding hydrogens is 298 g/mol. The van der Waals surface area contributed by atoms with Crippen molar-refractivity contribution in [2.45, 2.75) is 25.6 Å². The number of aryl methyl sites for hydroxylation is 1. The number of carbonyl (C=O) groups is 2. The maximum absolute atomic E-state index is 11.9. The maximum Gasteiger partial charge on any atom is 0.242 e. The summed E-state index contributed by atoms with van der Waals surface area (Å²) in [5.74, 6) is 0.500. The zero-order valence-corrected chi connectivity index (χ0v) is 13.0. The van der Waals surface area contributed by atoms with Crippen LogP contribution in [0.4, 0.5) is 0 Å². The molecule has 0 atom stereocenters. The lowest BCUT2D eigenvalue weighted by atomic mass is 10.2. The van der Waals surface area contributed by atoms with Crippen LogP contribution in [-0.2, 0) is 21.9 Å². The van der Waals surface area contributed by atoms with E-state index in [1.165, 1.54) is 0 Å². The maximum atomic E-state index is 11.9. The Kier molecular flexibility index (Phi) is 5.37. The zero-order chi connectivity index (χ0) is 14.5. The largest absolute Gasteiger partial charge is 0.332 e. The van der Waals surface area contributed by atoms with Gasteiger partial charge in [-0.3, -0.25) is 9.59 Å². The summed E-state index contributed by atoms with van der Waals surface area (Å²) in [5, 5.41) is 2.99. The van der Waals surface area contributed by atoms with E-state index in [4.69, 9.17) is 11.6 Å². The minimum absolute atomic E-state index is 0.0331. The highest BCUT2D eigenvalue weighted by Gasteiger charge is 2.28. The Bertz CT molecular complexity index is 492. The van der Waals surface area contributed by atoms with Gasteiger partial charge in [-0.05, 0) is 13.3 Å². The molecule has 5 nitrogen and oxygen atoms in total. The lowest BCUT2D eigenvalue weighted by molar-refractivity contribution is -0.149. The molecule has 0 N–H and O–H groups in total. The number of aromatic nitrogens is 1. The highest BCUT2D eigenvalue weighted by atomic mass is 35.5. The van der Waals surface area contributed by atoms with Gasteiger partial charge in [0.1, 0.15) is 0 Å². The number of rotatable bonds is 6. The van der Waals surface area contributed by atoms with Crippen LogP contribution in [0.25, 0.3) is 0 Å². The summed E-state index contributed by atoms with van der Waals surface area (Å²) in [6.07, 6.45) is 1.64. The SMILES string of the molecule is CCN1CC(=O)N(CCCc2nc(CCl)cs2)CC1=O. The van der Waals surface area contributed by atoms with Crippen LogP contribution in [0, 0.1) is 0 Å². The van der Waals surface area contributed by atoms with Crippen molar-refractivity contribution in [1.82, 2.24) is 14.8 Å². The summed E-state index contributed by atoms with van der Waals surface area (Å²) in [6, 6.07) is 0. The van der Waals surface area contributed by atoms with Gasteiger partial charge in [0.2, 0.25) is 11.8 Å². The normalized spacial score (nSPS) is 16.1. The Balaban J connectivity index is 1.79. The smallest absolute Gasteiger partial charge is 0.242 e. The number of likely N-dealkylation sites (N-methyl/N-ethyl adjacent to an activating group) is 1. The van der Waals surface area contributed by atoms with E-state index in [1.54, 1.807) is 21.1 Å². The molecule has 1 saturated heterocycles. The van der Waals surface area contributed by atoms with E-state index in [1.807, 2.05) is 12.3 Å². The van der Waals surface area contributed by atoms with Gasteiger partial charge in [-0.1, -0.05) is 0 Å². The minimum atomic E-state index is 0.0331. The number of nitrogens with zero attached hydrogens (tertiary/aromatic N) is 3. The van der Waals surface area contributed by atoms with Gasteiger partial charge >= 0.3 is 0 Å². The Labute approximate surface area is 127 Å². The number of halogens is 1. The lowest BCUT2D eigenvalue weighted by Gasteiger charge is -2.33. The third kappa shape index (κ3) is 3.70. The van der Waals surface area contributed by atoms with Crippen LogP contribution in [0.5, 0.6) is 0 Å². The van der Waals surface area contributed by atoms with Gasteiger partial charge in [-0.15, -0.1) is 22.9 Å². The first kappa shape index (κ1) is 15.3. The molecule has 110 valence electrons. The van der Waals surface area contributed by atoms with Crippen LogP contribution in [-0.4, -0.2) is 52.8 Å².